The van der Waals surface area contributed by atoms with Gasteiger partial charge in [-0.3, -0.25) is 9.59 Å². The average molecular weight is 396 g/mol. The Hall–Kier alpha value is -3.39. The first-order valence-electron chi connectivity index (χ1n) is 8.32. The molecule has 2 amide bonds. The molecule has 1 aliphatic heterocycles. The third-order valence-corrected chi connectivity index (χ3v) is 5.29. The summed E-state index contributed by atoms with van der Waals surface area (Å²) in [4.78, 5) is 31.4. The van der Waals surface area contributed by atoms with E-state index in [1.165, 1.54) is 25.6 Å². The highest BCUT2D eigenvalue weighted by molar-refractivity contribution is 7.14. The molecule has 0 bridgehead atoms. The van der Waals surface area contributed by atoms with Gasteiger partial charge >= 0.3 is 0 Å². The number of carbonyl (C=O) groups excluding carboxylic acids is 2. The van der Waals surface area contributed by atoms with Crippen LogP contribution in [0.25, 0.3) is 11.3 Å². The first-order valence-corrected chi connectivity index (χ1v) is 9.20. The molecule has 1 aliphatic rings. The van der Waals surface area contributed by atoms with Crippen molar-refractivity contribution in [3.05, 3.63) is 52.9 Å². The molecule has 0 radical (unpaired) electrons. The van der Waals surface area contributed by atoms with Gasteiger partial charge < -0.3 is 14.2 Å². The zero-order valence-electron chi connectivity index (χ0n) is 15.4. The quantitative estimate of drug-likeness (QED) is 0.613. The van der Waals surface area contributed by atoms with Gasteiger partial charge in [0.05, 0.1) is 38.2 Å². The molecule has 3 aromatic rings. The molecule has 8 heteroatoms. The van der Waals surface area contributed by atoms with Gasteiger partial charge in [-0.15, -0.1) is 11.3 Å². The summed E-state index contributed by atoms with van der Waals surface area (Å²) in [6, 6.07) is 10.6. The summed E-state index contributed by atoms with van der Waals surface area (Å²) in [5.41, 5.74) is 1.99. The van der Waals surface area contributed by atoms with Crippen molar-refractivity contribution in [3.8, 4) is 28.5 Å². The number of thiazole rings is 1. The lowest BCUT2D eigenvalue weighted by Crippen LogP contribution is -2.29. The number of anilines is 1. The lowest BCUT2D eigenvalue weighted by atomic mass is 10.1. The Morgan fingerprint density at radius 1 is 0.893 bits per heavy atom. The van der Waals surface area contributed by atoms with Gasteiger partial charge in [0.2, 0.25) is 0 Å². The number of rotatable bonds is 5. The summed E-state index contributed by atoms with van der Waals surface area (Å²) in [5, 5.41) is 2.11. The number of nitrogens with zero attached hydrogens (tertiary/aromatic N) is 2. The van der Waals surface area contributed by atoms with E-state index in [1.807, 2.05) is 24.3 Å². The molecule has 7 nitrogen and oxygen atoms in total. The van der Waals surface area contributed by atoms with Crippen LogP contribution in [0.4, 0.5) is 5.13 Å². The van der Waals surface area contributed by atoms with Gasteiger partial charge in [-0.25, -0.2) is 9.88 Å². The summed E-state index contributed by atoms with van der Waals surface area (Å²) in [6.45, 7) is 0. The van der Waals surface area contributed by atoms with Crippen molar-refractivity contribution in [2.24, 2.45) is 0 Å². The van der Waals surface area contributed by atoms with Gasteiger partial charge in [-0.2, -0.15) is 0 Å². The van der Waals surface area contributed by atoms with Gasteiger partial charge in [0.1, 0.15) is 5.75 Å². The predicted octanol–water partition coefficient (Wildman–Crippen LogP) is 3.64. The Morgan fingerprint density at radius 3 is 2.29 bits per heavy atom. The first-order chi connectivity index (χ1) is 13.6. The molecule has 2 aromatic carbocycles. The fourth-order valence-electron chi connectivity index (χ4n) is 3.08. The molecule has 0 unspecified atom stereocenters. The van der Waals surface area contributed by atoms with Gasteiger partial charge in [-0.1, -0.05) is 0 Å². The van der Waals surface area contributed by atoms with Crippen LogP contribution in [0.2, 0.25) is 0 Å². The third-order valence-electron chi connectivity index (χ3n) is 4.47. The number of carbonyl (C=O) groups is 2. The fourth-order valence-corrected chi connectivity index (χ4v) is 3.91. The number of amides is 2. The van der Waals surface area contributed by atoms with Crippen molar-refractivity contribution in [1.82, 2.24) is 4.98 Å². The number of fused-ring (bicyclic) bond motifs is 1. The molecule has 0 aliphatic carbocycles. The highest BCUT2D eigenvalue weighted by Crippen LogP contribution is 2.41. The van der Waals surface area contributed by atoms with E-state index in [4.69, 9.17) is 14.2 Å². The van der Waals surface area contributed by atoms with Crippen molar-refractivity contribution in [2.45, 2.75) is 0 Å². The van der Waals surface area contributed by atoms with Crippen molar-refractivity contribution >= 4 is 28.3 Å². The second-order valence-electron chi connectivity index (χ2n) is 5.91. The Balaban J connectivity index is 1.71. The van der Waals surface area contributed by atoms with E-state index >= 15 is 0 Å². The number of imide groups is 1. The molecule has 0 N–H and O–H groups in total. The van der Waals surface area contributed by atoms with Crippen molar-refractivity contribution in [1.29, 1.82) is 0 Å². The first kappa shape index (κ1) is 18.0. The van der Waals surface area contributed by atoms with Crippen LogP contribution in [0.15, 0.2) is 41.8 Å². The molecule has 0 spiro atoms. The highest BCUT2D eigenvalue weighted by atomic mass is 32.1. The molecule has 28 heavy (non-hydrogen) atoms. The van der Waals surface area contributed by atoms with Crippen LogP contribution in [0.3, 0.4) is 0 Å². The molecule has 142 valence electrons. The van der Waals surface area contributed by atoms with Gasteiger partial charge in [-0.05, 0) is 36.4 Å². The minimum absolute atomic E-state index is 0.188. The van der Waals surface area contributed by atoms with Crippen molar-refractivity contribution in [3.63, 3.8) is 0 Å². The Kier molecular flexibility index (Phi) is 4.48. The summed E-state index contributed by atoms with van der Waals surface area (Å²) in [6.07, 6.45) is 0. The molecule has 1 aromatic heterocycles. The van der Waals surface area contributed by atoms with E-state index in [1.54, 1.807) is 24.6 Å². The smallest absolute Gasteiger partial charge is 0.271 e. The lowest BCUT2D eigenvalue weighted by Gasteiger charge is -2.11. The number of benzene rings is 2. The van der Waals surface area contributed by atoms with E-state index in [0.29, 0.717) is 16.6 Å². The Labute approximate surface area is 165 Å². The largest absolute Gasteiger partial charge is 0.497 e. The maximum Gasteiger partial charge on any atom is 0.271 e. The number of hydrogen-bond acceptors (Lipinski definition) is 7. The second kappa shape index (κ2) is 6.97. The van der Waals surface area contributed by atoms with Gasteiger partial charge in [0.15, 0.2) is 16.6 Å². The lowest BCUT2D eigenvalue weighted by molar-refractivity contribution is 0.0925. The van der Waals surface area contributed by atoms with Crippen molar-refractivity contribution < 1.29 is 23.8 Å². The highest BCUT2D eigenvalue weighted by Gasteiger charge is 2.41. The van der Waals surface area contributed by atoms with E-state index in [9.17, 15) is 9.59 Å². The monoisotopic (exact) mass is 396 g/mol. The van der Waals surface area contributed by atoms with E-state index in [2.05, 4.69) is 4.98 Å². The maximum atomic E-state index is 13.0. The summed E-state index contributed by atoms with van der Waals surface area (Å²) >= 11 is 1.22. The number of methoxy groups -OCH3 is 3. The van der Waals surface area contributed by atoms with Crippen LogP contribution in [-0.2, 0) is 0 Å². The molecule has 2 heterocycles. The van der Waals surface area contributed by atoms with E-state index in [0.717, 1.165) is 16.2 Å². The zero-order valence-corrected chi connectivity index (χ0v) is 16.2. The van der Waals surface area contributed by atoms with Gasteiger partial charge in [0, 0.05) is 10.9 Å². The number of aromatic nitrogens is 1. The second-order valence-corrected chi connectivity index (χ2v) is 6.75. The maximum absolute atomic E-state index is 13.0. The summed E-state index contributed by atoms with van der Waals surface area (Å²) < 4.78 is 15.7. The number of ether oxygens (including phenoxy) is 3. The molecule has 0 fully saturated rings. The van der Waals surface area contributed by atoms with E-state index < -0.39 is 11.8 Å². The van der Waals surface area contributed by atoms with Crippen LogP contribution in [-0.4, -0.2) is 38.1 Å². The van der Waals surface area contributed by atoms with Crippen LogP contribution < -0.4 is 19.1 Å². The molecule has 0 saturated heterocycles. The minimum Gasteiger partial charge on any atom is -0.497 e. The van der Waals surface area contributed by atoms with Crippen LogP contribution in [0, 0.1) is 0 Å². The predicted molar refractivity (Wildman–Crippen MR) is 105 cm³/mol. The topological polar surface area (TPSA) is 78.0 Å². The van der Waals surface area contributed by atoms with Crippen LogP contribution in [0.1, 0.15) is 20.7 Å². The molecular weight excluding hydrogens is 380 g/mol. The van der Waals surface area contributed by atoms with Crippen LogP contribution in [0.5, 0.6) is 17.2 Å². The molecule has 4 rings (SSSR count). The Bertz CT molecular complexity index is 1070. The standard InChI is InChI=1S/C20H16N2O5S/c1-25-12-6-4-11(5-7-12)14-10-28-20(21-14)22-18(23)13-8-9-15(26-2)17(27-3)16(13)19(22)24/h4-10H,1-3H3. The average Bonchev–Trinajstić information content (AvgIpc) is 3.30. The summed E-state index contributed by atoms with van der Waals surface area (Å²) in [7, 11) is 4.51. The number of hydrogen-bond donors (Lipinski definition) is 0. The Morgan fingerprint density at radius 2 is 1.64 bits per heavy atom. The van der Waals surface area contributed by atoms with Crippen molar-refractivity contribution in [2.75, 3.05) is 26.2 Å². The van der Waals surface area contributed by atoms with E-state index in [-0.39, 0.29) is 16.9 Å². The molecular formula is C20H16N2O5S. The summed E-state index contributed by atoms with van der Waals surface area (Å²) in [5.74, 6) is 0.457. The molecule has 0 atom stereocenters. The van der Waals surface area contributed by atoms with Gasteiger partial charge in [0.25, 0.3) is 11.8 Å². The zero-order chi connectivity index (χ0) is 19.8. The SMILES string of the molecule is COc1ccc(-c2csc(N3C(=O)c4ccc(OC)c(OC)c4C3=O)n2)cc1. The van der Waals surface area contributed by atoms with Crippen LogP contribution >= 0.6 is 11.3 Å². The third kappa shape index (κ3) is 2.69. The molecule has 0 saturated carbocycles. The normalized spacial score (nSPS) is 12.9. The fraction of sp³-hybridized carbons (Fsp3) is 0.150. The minimum atomic E-state index is -0.480.